The fourth-order valence-electron chi connectivity index (χ4n) is 1.97. The van der Waals surface area contributed by atoms with Crippen molar-refractivity contribution in [2.75, 3.05) is 19.0 Å². The minimum absolute atomic E-state index is 0.596. The van der Waals surface area contributed by atoms with Crippen molar-refractivity contribution in [3.05, 3.63) is 22.5 Å². The smallest absolute Gasteiger partial charge is 0.412 e. The number of nitrogens with zero attached hydrogens (tertiary/aromatic N) is 2. The molecular weight excluding hydrogens is 305 g/mol. The molecule has 0 aromatic carbocycles. The number of ether oxygens (including phenoxy) is 2. The molecule has 1 aromatic rings. The van der Waals surface area contributed by atoms with Crippen molar-refractivity contribution >= 4 is 11.9 Å². The summed E-state index contributed by atoms with van der Waals surface area (Å²) in [5, 5.41) is 30.3. The van der Waals surface area contributed by atoms with Gasteiger partial charge in [-0.25, -0.2) is 14.0 Å². The molecule has 4 N–H and O–H groups in total. The molecule has 2 heterocycles. The fourth-order valence-corrected chi connectivity index (χ4v) is 1.97. The van der Waals surface area contributed by atoms with Gasteiger partial charge in [-0.3, -0.25) is 9.88 Å². The molecule has 122 valence electrons. The highest BCUT2D eigenvalue weighted by Gasteiger charge is 2.44. The second kappa shape index (κ2) is 6.36. The Bertz CT molecular complexity index is 622. The Morgan fingerprint density at radius 2 is 2.23 bits per heavy atom. The van der Waals surface area contributed by atoms with Gasteiger partial charge in [0.25, 0.3) is 0 Å². The van der Waals surface area contributed by atoms with Gasteiger partial charge in [0.2, 0.25) is 0 Å². The molecule has 22 heavy (non-hydrogen) atoms. The average molecular weight is 319 g/mol. The number of carbonyl (C=O) groups excluding carboxylic acids is 1. The summed E-state index contributed by atoms with van der Waals surface area (Å²) in [5.41, 5.74) is -1.04. The molecule has 4 atom stereocenters. The van der Waals surface area contributed by atoms with E-state index >= 15 is 0 Å². The number of anilines is 1. The Kier molecular flexibility index (Phi) is 4.71. The van der Waals surface area contributed by atoms with E-state index in [2.05, 4.69) is 9.72 Å². The van der Waals surface area contributed by atoms with E-state index in [-0.39, 0.29) is 0 Å². The van der Waals surface area contributed by atoms with Crippen LogP contribution in [-0.4, -0.2) is 63.0 Å². The van der Waals surface area contributed by atoms with Crippen molar-refractivity contribution in [2.45, 2.75) is 24.5 Å². The summed E-state index contributed by atoms with van der Waals surface area (Å²) in [4.78, 5) is 26.1. The highest BCUT2D eigenvalue weighted by Crippen LogP contribution is 2.28. The lowest BCUT2D eigenvalue weighted by molar-refractivity contribution is -0.0553. The molecule has 2 rings (SSSR count). The van der Waals surface area contributed by atoms with Gasteiger partial charge in [-0.1, -0.05) is 0 Å². The molecule has 0 saturated carbocycles. The van der Waals surface area contributed by atoms with Crippen molar-refractivity contribution in [3.8, 4) is 0 Å². The standard InChI is InChI=1S/C11H14FN3O7/c1-21-11(20)14-8-4(12)2-15(10(19)13-8)9-7(18)6(17)5(3-16)22-9/h2,5-7,9,16-18H,3H2,1H3,(H,13,14,19,20)/t5-,6-,7-,9?/m1/s1. The Balaban J connectivity index is 2.32. The third-order valence-corrected chi connectivity index (χ3v) is 3.10. The summed E-state index contributed by atoms with van der Waals surface area (Å²) in [6.45, 7) is -0.596. The van der Waals surface area contributed by atoms with Crippen molar-refractivity contribution in [1.82, 2.24) is 9.55 Å². The van der Waals surface area contributed by atoms with Crippen LogP contribution in [0.1, 0.15) is 6.23 Å². The van der Waals surface area contributed by atoms with Crippen LogP contribution in [0.25, 0.3) is 0 Å². The molecule has 0 spiro atoms. The van der Waals surface area contributed by atoms with Gasteiger partial charge in [0, 0.05) is 0 Å². The van der Waals surface area contributed by atoms with E-state index in [1.165, 1.54) is 0 Å². The van der Waals surface area contributed by atoms with Crippen LogP contribution in [0, 0.1) is 5.82 Å². The maximum absolute atomic E-state index is 13.8. The van der Waals surface area contributed by atoms with Gasteiger partial charge in [-0.05, 0) is 0 Å². The van der Waals surface area contributed by atoms with Crippen LogP contribution in [0.2, 0.25) is 0 Å². The van der Waals surface area contributed by atoms with Crippen LogP contribution >= 0.6 is 0 Å². The second-order valence-corrected chi connectivity index (χ2v) is 4.47. The lowest BCUT2D eigenvalue weighted by atomic mass is 10.1. The van der Waals surface area contributed by atoms with E-state index in [0.717, 1.165) is 7.11 Å². The molecule has 1 saturated heterocycles. The fraction of sp³-hybridized carbons (Fsp3) is 0.545. The number of aliphatic hydroxyl groups excluding tert-OH is 3. The van der Waals surface area contributed by atoms with Gasteiger partial charge < -0.3 is 24.8 Å². The largest absolute Gasteiger partial charge is 0.453 e. The maximum atomic E-state index is 13.8. The quantitative estimate of drug-likeness (QED) is 0.509. The van der Waals surface area contributed by atoms with Crippen LogP contribution in [-0.2, 0) is 9.47 Å². The monoisotopic (exact) mass is 319 g/mol. The van der Waals surface area contributed by atoms with Crippen LogP contribution < -0.4 is 11.0 Å². The predicted octanol–water partition coefficient (Wildman–Crippen LogP) is -1.83. The number of hydrogen-bond acceptors (Lipinski definition) is 8. The third kappa shape index (κ3) is 2.92. The summed E-state index contributed by atoms with van der Waals surface area (Å²) in [5.74, 6) is -1.73. The predicted molar refractivity (Wildman–Crippen MR) is 67.5 cm³/mol. The average Bonchev–Trinajstić information content (AvgIpc) is 2.78. The number of halogens is 1. The molecule has 0 radical (unpaired) electrons. The van der Waals surface area contributed by atoms with E-state index < -0.39 is 54.6 Å². The van der Waals surface area contributed by atoms with Crippen LogP contribution in [0.5, 0.6) is 0 Å². The molecular formula is C11H14FN3O7. The first-order chi connectivity index (χ1) is 10.4. The molecule has 0 bridgehead atoms. The van der Waals surface area contributed by atoms with E-state index in [4.69, 9.17) is 9.84 Å². The van der Waals surface area contributed by atoms with Crippen LogP contribution in [0.15, 0.2) is 11.0 Å². The van der Waals surface area contributed by atoms with E-state index in [1.54, 1.807) is 0 Å². The Labute approximate surface area is 122 Å². The number of aliphatic hydroxyl groups is 3. The molecule has 1 fully saturated rings. The Morgan fingerprint density at radius 3 is 2.77 bits per heavy atom. The molecule has 1 amide bonds. The summed E-state index contributed by atoms with van der Waals surface area (Å²) in [6.07, 6.45) is -5.91. The highest BCUT2D eigenvalue weighted by atomic mass is 19.1. The van der Waals surface area contributed by atoms with Gasteiger partial charge in [-0.2, -0.15) is 4.98 Å². The number of rotatable bonds is 3. The van der Waals surface area contributed by atoms with Gasteiger partial charge in [0.1, 0.15) is 18.3 Å². The minimum atomic E-state index is -1.56. The molecule has 1 aliphatic heterocycles. The molecule has 1 unspecified atom stereocenters. The van der Waals surface area contributed by atoms with Crippen molar-refractivity contribution in [1.29, 1.82) is 0 Å². The first kappa shape index (κ1) is 16.3. The summed E-state index contributed by atoms with van der Waals surface area (Å²) >= 11 is 0. The lowest BCUT2D eigenvalue weighted by Crippen LogP contribution is -2.36. The molecule has 11 heteroatoms. The topological polar surface area (TPSA) is 143 Å². The number of carbonyl (C=O) groups is 1. The zero-order chi connectivity index (χ0) is 16.4. The molecule has 10 nitrogen and oxygen atoms in total. The first-order valence-electron chi connectivity index (χ1n) is 6.15. The van der Waals surface area contributed by atoms with E-state index in [1.807, 2.05) is 5.32 Å². The number of amides is 1. The number of aromatic nitrogens is 2. The number of methoxy groups -OCH3 is 1. The summed E-state index contributed by atoms with van der Waals surface area (Å²) in [6, 6.07) is 0. The second-order valence-electron chi connectivity index (χ2n) is 4.47. The van der Waals surface area contributed by atoms with E-state index in [9.17, 15) is 24.2 Å². The van der Waals surface area contributed by atoms with E-state index in [0.29, 0.717) is 10.8 Å². The van der Waals surface area contributed by atoms with Crippen molar-refractivity contribution < 1.29 is 34.0 Å². The third-order valence-electron chi connectivity index (χ3n) is 3.10. The minimum Gasteiger partial charge on any atom is -0.453 e. The van der Waals surface area contributed by atoms with Gasteiger partial charge in [0.05, 0.1) is 19.9 Å². The maximum Gasteiger partial charge on any atom is 0.412 e. The van der Waals surface area contributed by atoms with Crippen LogP contribution in [0.4, 0.5) is 15.0 Å². The number of hydrogen-bond donors (Lipinski definition) is 4. The first-order valence-corrected chi connectivity index (χ1v) is 6.15. The van der Waals surface area contributed by atoms with Crippen molar-refractivity contribution in [2.24, 2.45) is 0 Å². The number of nitrogens with one attached hydrogen (secondary N) is 1. The zero-order valence-corrected chi connectivity index (χ0v) is 11.3. The Hall–Kier alpha value is -2.08. The molecule has 0 aliphatic carbocycles. The van der Waals surface area contributed by atoms with Crippen LogP contribution in [0.3, 0.4) is 0 Å². The zero-order valence-electron chi connectivity index (χ0n) is 11.3. The van der Waals surface area contributed by atoms with Gasteiger partial charge in [-0.15, -0.1) is 0 Å². The lowest BCUT2D eigenvalue weighted by Gasteiger charge is -2.17. The molecule has 1 aromatic heterocycles. The molecule has 1 aliphatic rings. The summed E-state index contributed by atoms with van der Waals surface area (Å²) in [7, 11) is 1.05. The summed E-state index contributed by atoms with van der Waals surface area (Å²) < 4.78 is 23.8. The van der Waals surface area contributed by atoms with Gasteiger partial charge in [0.15, 0.2) is 17.9 Å². The van der Waals surface area contributed by atoms with Gasteiger partial charge >= 0.3 is 11.8 Å². The highest BCUT2D eigenvalue weighted by molar-refractivity contribution is 5.83. The normalized spacial score (nSPS) is 27.7. The SMILES string of the molecule is COC(=O)Nc1nc(=O)n(C2O[C@H](CO)[C@@H](O)[C@H]2O)cc1F. The van der Waals surface area contributed by atoms with Crippen molar-refractivity contribution in [3.63, 3.8) is 0 Å². The Morgan fingerprint density at radius 1 is 1.55 bits per heavy atom.